The summed E-state index contributed by atoms with van der Waals surface area (Å²) in [4.78, 5) is 25.5. The van der Waals surface area contributed by atoms with Crippen LogP contribution in [0.4, 0.5) is 0 Å². The third-order valence-corrected chi connectivity index (χ3v) is 2.98. The van der Waals surface area contributed by atoms with E-state index in [1.54, 1.807) is 25.4 Å². The predicted octanol–water partition coefficient (Wildman–Crippen LogP) is 2.11. The number of thiophene rings is 1. The van der Waals surface area contributed by atoms with Crippen LogP contribution in [0.3, 0.4) is 0 Å². The van der Waals surface area contributed by atoms with Gasteiger partial charge in [-0.3, -0.25) is 9.59 Å². The monoisotopic (exact) mass is 225 g/mol. The molecule has 0 aliphatic rings. The SMILES string of the molecule is Cc1cc(C(=O)CCC(=O)N(C)C)cs1. The summed E-state index contributed by atoms with van der Waals surface area (Å²) in [6.45, 7) is 1.96. The largest absolute Gasteiger partial charge is 0.349 e. The van der Waals surface area contributed by atoms with Crippen molar-refractivity contribution < 1.29 is 9.59 Å². The lowest BCUT2D eigenvalue weighted by atomic mass is 10.1. The Kier molecular flexibility index (Phi) is 4.03. The van der Waals surface area contributed by atoms with Gasteiger partial charge in [0.15, 0.2) is 5.78 Å². The van der Waals surface area contributed by atoms with Gasteiger partial charge in [-0.25, -0.2) is 0 Å². The standard InChI is InChI=1S/C11H15NO2S/c1-8-6-9(7-15-8)10(13)4-5-11(14)12(2)3/h6-7H,4-5H2,1-3H3. The van der Waals surface area contributed by atoms with Gasteiger partial charge >= 0.3 is 0 Å². The number of nitrogens with zero attached hydrogens (tertiary/aromatic N) is 1. The zero-order valence-electron chi connectivity index (χ0n) is 9.24. The van der Waals surface area contributed by atoms with Gasteiger partial charge in [0.25, 0.3) is 0 Å². The number of carbonyl (C=O) groups excluding carboxylic acids is 2. The van der Waals surface area contributed by atoms with Crippen molar-refractivity contribution in [3.8, 4) is 0 Å². The lowest BCUT2D eigenvalue weighted by Gasteiger charge is -2.08. The molecule has 0 aliphatic heterocycles. The molecule has 1 rings (SSSR count). The number of rotatable bonds is 4. The minimum atomic E-state index is -0.00435. The molecular weight excluding hydrogens is 210 g/mol. The quantitative estimate of drug-likeness (QED) is 0.736. The highest BCUT2D eigenvalue weighted by molar-refractivity contribution is 7.10. The molecule has 1 aromatic heterocycles. The van der Waals surface area contributed by atoms with Crippen LogP contribution < -0.4 is 0 Å². The average Bonchev–Trinajstić information content (AvgIpc) is 2.60. The van der Waals surface area contributed by atoms with Gasteiger partial charge in [0.2, 0.25) is 5.91 Å². The molecule has 4 heteroatoms. The van der Waals surface area contributed by atoms with Crippen molar-refractivity contribution in [1.82, 2.24) is 4.90 Å². The molecular formula is C11H15NO2S. The van der Waals surface area contributed by atoms with E-state index in [0.29, 0.717) is 12.8 Å². The lowest BCUT2D eigenvalue weighted by Crippen LogP contribution is -2.22. The molecule has 0 fully saturated rings. The third kappa shape index (κ3) is 3.47. The molecule has 1 aromatic rings. The van der Waals surface area contributed by atoms with Gasteiger partial charge in [0.05, 0.1) is 0 Å². The number of amides is 1. The maximum Gasteiger partial charge on any atom is 0.222 e. The molecule has 0 aliphatic carbocycles. The Morgan fingerprint density at radius 2 is 2.00 bits per heavy atom. The highest BCUT2D eigenvalue weighted by Gasteiger charge is 2.11. The Labute approximate surface area is 93.7 Å². The fourth-order valence-electron chi connectivity index (χ4n) is 1.18. The first-order valence-electron chi connectivity index (χ1n) is 4.79. The first-order chi connectivity index (χ1) is 7.00. The molecule has 82 valence electrons. The maximum absolute atomic E-state index is 11.6. The first-order valence-corrected chi connectivity index (χ1v) is 5.67. The molecule has 0 saturated heterocycles. The van der Waals surface area contributed by atoms with Crippen LogP contribution in [0.5, 0.6) is 0 Å². The first kappa shape index (κ1) is 11.9. The summed E-state index contributed by atoms with van der Waals surface area (Å²) in [6, 6.07) is 1.87. The van der Waals surface area contributed by atoms with E-state index in [9.17, 15) is 9.59 Å². The second kappa shape index (κ2) is 5.07. The Bertz CT molecular complexity index is 368. The number of Topliss-reactive ketones (excluding diaryl/α,β-unsaturated/α-hetero) is 1. The van der Waals surface area contributed by atoms with Crippen LogP contribution in [0.15, 0.2) is 11.4 Å². The minimum Gasteiger partial charge on any atom is -0.349 e. The summed E-state index contributed by atoms with van der Waals surface area (Å²) in [7, 11) is 3.39. The van der Waals surface area contributed by atoms with Crippen molar-refractivity contribution in [3.05, 3.63) is 21.9 Å². The number of carbonyl (C=O) groups is 2. The van der Waals surface area contributed by atoms with Gasteiger partial charge in [0.1, 0.15) is 0 Å². The van der Waals surface area contributed by atoms with Crippen LogP contribution in [0, 0.1) is 6.92 Å². The van der Waals surface area contributed by atoms with Gasteiger partial charge in [-0.15, -0.1) is 11.3 Å². The molecule has 0 N–H and O–H groups in total. The molecule has 0 bridgehead atoms. The van der Waals surface area contributed by atoms with E-state index >= 15 is 0 Å². The third-order valence-electron chi connectivity index (χ3n) is 2.12. The molecule has 0 atom stereocenters. The van der Waals surface area contributed by atoms with Gasteiger partial charge in [-0.05, 0) is 13.0 Å². The summed E-state index contributed by atoms with van der Waals surface area (Å²) in [5.74, 6) is 0.0462. The van der Waals surface area contributed by atoms with Crippen molar-refractivity contribution >= 4 is 23.0 Å². The van der Waals surface area contributed by atoms with Gasteiger partial charge < -0.3 is 4.90 Å². The van der Waals surface area contributed by atoms with E-state index in [4.69, 9.17) is 0 Å². The van der Waals surface area contributed by atoms with Crippen molar-refractivity contribution in [2.24, 2.45) is 0 Å². The van der Waals surface area contributed by atoms with Crippen molar-refractivity contribution in [3.63, 3.8) is 0 Å². The number of ketones is 1. The van der Waals surface area contributed by atoms with Gasteiger partial charge in [-0.2, -0.15) is 0 Å². The van der Waals surface area contributed by atoms with E-state index in [0.717, 1.165) is 10.4 Å². The number of aryl methyl sites for hydroxylation is 1. The summed E-state index contributed by atoms with van der Waals surface area (Å²) in [6.07, 6.45) is 0.591. The topological polar surface area (TPSA) is 37.4 Å². The van der Waals surface area contributed by atoms with E-state index in [1.165, 1.54) is 4.90 Å². The van der Waals surface area contributed by atoms with Gasteiger partial charge in [0, 0.05) is 42.8 Å². The Balaban J connectivity index is 2.47. The lowest BCUT2D eigenvalue weighted by molar-refractivity contribution is -0.128. The fourth-order valence-corrected chi connectivity index (χ4v) is 1.89. The van der Waals surface area contributed by atoms with Crippen LogP contribution in [-0.4, -0.2) is 30.7 Å². The molecule has 0 aromatic carbocycles. The summed E-state index contributed by atoms with van der Waals surface area (Å²) in [5, 5.41) is 1.85. The van der Waals surface area contributed by atoms with Crippen LogP contribution in [-0.2, 0) is 4.79 Å². The smallest absolute Gasteiger partial charge is 0.222 e. The molecule has 3 nitrogen and oxygen atoms in total. The summed E-state index contributed by atoms with van der Waals surface area (Å²) < 4.78 is 0. The highest BCUT2D eigenvalue weighted by atomic mass is 32.1. The molecule has 1 amide bonds. The minimum absolute atomic E-state index is 0.00435. The molecule has 0 saturated carbocycles. The summed E-state index contributed by atoms with van der Waals surface area (Å²) >= 11 is 1.56. The molecule has 15 heavy (non-hydrogen) atoms. The van der Waals surface area contributed by atoms with Crippen LogP contribution in [0.2, 0.25) is 0 Å². The number of hydrogen-bond acceptors (Lipinski definition) is 3. The van der Waals surface area contributed by atoms with Crippen molar-refractivity contribution in [2.45, 2.75) is 19.8 Å². The molecule has 1 heterocycles. The molecule has 0 spiro atoms. The van der Waals surface area contributed by atoms with Gasteiger partial charge in [-0.1, -0.05) is 0 Å². The average molecular weight is 225 g/mol. The maximum atomic E-state index is 11.6. The van der Waals surface area contributed by atoms with E-state index in [-0.39, 0.29) is 11.7 Å². The van der Waals surface area contributed by atoms with Crippen LogP contribution in [0.1, 0.15) is 28.1 Å². The van der Waals surface area contributed by atoms with E-state index < -0.39 is 0 Å². The number of hydrogen-bond donors (Lipinski definition) is 0. The highest BCUT2D eigenvalue weighted by Crippen LogP contribution is 2.15. The van der Waals surface area contributed by atoms with Crippen molar-refractivity contribution in [2.75, 3.05) is 14.1 Å². The fraction of sp³-hybridized carbons (Fsp3) is 0.455. The van der Waals surface area contributed by atoms with E-state index in [1.807, 2.05) is 18.4 Å². The normalized spacial score (nSPS) is 10.1. The zero-order valence-corrected chi connectivity index (χ0v) is 10.1. The second-order valence-electron chi connectivity index (χ2n) is 3.66. The Morgan fingerprint density at radius 3 is 2.47 bits per heavy atom. The Morgan fingerprint density at radius 1 is 1.33 bits per heavy atom. The Hall–Kier alpha value is -1.16. The molecule has 0 radical (unpaired) electrons. The second-order valence-corrected chi connectivity index (χ2v) is 4.77. The summed E-state index contributed by atoms with van der Waals surface area (Å²) in [5.41, 5.74) is 0.726. The molecule has 0 unspecified atom stereocenters. The van der Waals surface area contributed by atoms with Crippen LogP contribution >= 0.6 is 11.3 Å². The van der Waals surface area contributed by atoms with E-state index in [2.05, 4.69) is 0 Å². The van der Waals surface area contributed by atoms with Crippen LogP contribution in [0.25, 0.3) is 0 Å². The predicted molar refractivity (Wildman–Crippen MR) is 61.3 cm³/mol. The van der Waals surface area contributed by atoms with Crippen molar-refractivity contribution in [1.29, 1.82) is 0 Å². The zero-order chi connectivity index (χ0) is 11.4.